The first kappa shape index (κ1) is 19.9. The highest BCUT2D eigenvalue weighted by Crippen LogP contribution is 2.37. The summed E-state index contributed by atoms with van der Waals surface area (Å²) in [4.78, 5) is 25.3. The van der Waals surface area contributed by atoms with Crippen LogP contribution < -0.4 is 15.4 Å². The van der Waals surface area contributed by atoms with Gasteiger partial charge in [-0.15, -0.1) is 0 Å². The first-order valence-electron chi connectivity index (χ1n) is 10.5. The highest BCUT2D eigenvalue weighted by Gasteiger charge is 2.29. The second-order valence-electron chi connectivity index (χ2n) is 7.83. The molecule has 0 unspecified atom stereocenters. The average Bonchev–Trinajstić information content (AvgIpc) is 3.60. The van der Waals surface area contributed by atoms with Gasteiger partial charge in [-0.25, -0.2) is 0 Å². The minimum absolute atomic E-state index is 0.0195. The maximum absolute atomic E-state index is 13.3. The summed E-state index contributed by atoms with van der Waals surface area (Å²) in [6, 6.07) is 22.3. The molecule has 4 aromatic rings. The summed E-state index contributed by atoms with van der Waals surface area (Å²) < 4.78 is 11.3. The van der Waals surface area contributed by atoms with E-state index in [9.17, 15) is 9.59 Å². The summed E-state index contributed by atoms with van der Waals surface area (Å²) in [5.41, 5.74) is 3.39. The maximum Gasteiger partial charge on any atom is 0.292 e. The Morgan fingerprint density at radius 1 is 0.906 bits per heavy atom. The van der Waals surface area contributed by atoms with Crippen LogP contribution in [0.2, 0.25) is 0 Å². The Labute approximate surface area is 185 Å². The number of carbonyl (C=O) groups excluding carboxylic acids is 2. The molecule has 1 saturated carbocycles. The van der Waals surface area contributed by atoms with Crippen molar-refractivity contribution >= 4 is 34.2 Å². The van der Waals surface area contributed by atoms with Crippen molar-refractivity contribution < 1.29 is 18.7 Å². The van der Waals surface area contributed by atoms with E-state index in [4.69, 9.17) is 9.15 Å². The summed E-state index contributed by atoms with van der Waals surface area (Å²) in [6.07, 6.45) is 1.86. The van der Waals surface area contributed by atoms with Crippen molar-refractivity contribution in [3.63, 3.8) is 0 Å². The minimum atomic E-state index is -0.371. The van der Waals surface area contributed by atoms with Crippen molar-refractivity contribution in [1.29, 1.82) is 0 Å². The molecule has 2 N–H and O–H groups in total. The van der Waals surface area contributed by atoms with E-state index in [-0.39, 0.29) is 23.5 Å². The molecule has 3 aromatic carbocycles. The van der Waals surface area contributed by atoms with E-state index >= 15 is 0 Å². The minimum Gasteiger partial charge on any atom is -0.497 e. The fraction of sp³-hybridized carbons (Fsp3) is 0.154. The van der Waals surface area contributed by atoms with Crippen LogP contribution in [0.25, 0.3) is 22.1 Å². The molecule has 6 nitrogen and oxygen atoms in total. The smallest absolute Gasteiger partial charge is 0.292 e. The van der Waals surface area contributed by atoms with Crippen LogP contribution in [0.4, 0.5) is 11.4 Å². The van der Waals surface area contributed by atoms with Gasteiger partial charge < -0.3 is 19.8 Å². The molecular formula is C26H22N2O4. The highest BCUT2D eigenvalue weighted by atomic mass is 16.5. The Morgan fingerprint density at radius 3 is 2.38 bits per heavy atom. The fourth-order valence-electron chi connectivity index (χ4n) is 3.71. The van der Waals surface area contributed by atoms with Gasteiger partial charge in [0, 0.05) is 34.3 Å². The van der Waals surface area contributed by atoms with Gasteiger partial charge in [-0.2, -0.15) is 0 Å². The van der Waals surface area contributed by atoms with Gasteiger partial charge in [-0.3, -0.25) is 9.59 Å². The standard InChI is InChI=1S/C26H22N2O4/c1-31-20-12-13-21-22(15-20)32-24(23(21)16-6-3-2-4-7-16)26(30)28-19-9-5-8-18(14-19)27-25(29)17-10-11-17/h2-9,12-15,17H,10-11H2,1H3,(H,27,29)(H,28,30). The molecule has 5 rings (SSSR count). The average molecular weight is 426 g/mol. The van der Waals surface area contributed by atoms with Crippen molar-refractivity contribution in [3.8, 4) is 16.9 Å². The number of ether oxygens (including phenoxy) is 1. The van der Waals surface area contributed by atoms with Crippen molar-refractivity contribution in [2.75, 3.05) is 17.7 Å². The lowest BCUT2D eigenvalue weighted by atomic mass is 10.0. The van der Waals surface area contributed by atoms with Crippen molar-refractivity contribution in [3.05, 3.63) is 78.6 Å². The lowest BCUT2D eigenvalue weighted by Crippen LogP contribution is -2.15. The Morgan fingerprint density at radius 2 is 1.66 bits per heavy atom. The molecule has 1 heterocycles. The van der Waals surface area contributed by atoms with Gasteiger partial charge in [0.05, 0.1) is 7.11 Å². The third-order valence-electron chi connectivity index (χ3n) is 5.50. The van der Waals surface area contributed by atoms with Crippen LogP contribution in [0.15, 0.2) is 77.2 Å². The molecular weight excluding hydrogens is 404 g/mol. The number of rotatable bonds is 6. The van der Waals surface area contributed by atoms with E-state index in [0.29, 0.717) is 22.7 Å². The van der Waals surface area contributed by atoms with E-state index in [1.54, 1.807) is 37.4 Å². The normalized spacial score (nSPS) is 13.0. The molecule has 160 valence electrons. The molecule has 1 aliphatic carbocycles. The number of benzene rings is 3. The Hall–Kier alpha value is -4.06. The van der Waals surface area contributed by atoms with Crippen LogP contribution in [0.5, 0.6) is 5.75 Å². The van der Waals surface area contributed by atoms with E-state index in [1.807, 2.05) is 42.5 Å². The number of hydrogen-bond donors (Lipinski definition) is 2. The van der Waals surface area contributed by atoms with Crippen LogP contribution in [0.3, 0.4) is 0 Å². The third kappa shape index (κ3) is 3.95. The largest absolute Gasteiger partial charge is 0.497 e. The van der Waals surface area contributed by atoms with E-state index in [1.165, 1.54) is 0 Å². The van der Waals surface area contributed by atoms with Crippen LogP contribution in [-0.2, 0) is 4.79 Å². The zero-order chi connectivity index (χ0) is 22.1. The SMILES string of the molecule is COc1ccc2c(-c3ccccc3)c(C(=O)Nc3cccc(NC(=O)C4CC4)c3)oc2c1. The van der Waals surface area contributed by atoms with E-state index in [0.717, 1.165) is 29.4 Å². The first-order chi connectivity index (χ1) is 15.6. The number of fused-ring (bicyclic) bond motifs is 1. The number of furan rings is 1. The van der Waals surface area contributed by atoms with Gasteiger partial charge in [0.15, 0.2) is 0 Å². The summed E-state index contributed by atoms with van der Waals surface area (Å²) >= 11 is 0. The zero-order valence-corrected chi connectivity index (χ0v) is 17.6. The van der Waals surface area contributed by atoms with E-state index in [2.05, 4.69) is 10.6 Å². The molecule has 1 aromatic heterocycles. The summed E-state index contributed by atoms with van der Waals surface area (Å²) in [7, 11) is 1.59. The van der Waals surface area contributed by atoms with Crippen LogP contribution in [0, 0.1) is 5.92 Å². The van der Waals surface area contributed by atoms with Crippen LogP contribution >= 0.6 is 0 Å². The van der Waals surface area contributed by atoms with Crippen LogP contribution in [-0.4, -0.2) is 18.9 Å². The van der Waals surface area contributed by atoms with Gasteiger partial charge in [0.2, 0.25) is 11.7 Å². The second kappa shape index (κ2) is 8.23. The van der Waals surface area contributed by atoms with Crippen molar-refractivity contribution in [2.45, 2.75) is 12.8 Å². The lowest BCUT2D eigenvalue weighted by Gasteiger charge is -2.09. The summed E-state index contributed by atoms with van der Waals surface area (Å²) in [5.74, 6) is 0.619. The molecule has 0 atom stereocenters. The number of carbonyl (C=O) groups is 2. The molecule has 1 aliphatic rings. The molecule has 1 fully saturated rings. The summed E-state index contributed by atoms with van der Waals surface area (Å²) in [6.45, 7) is 0. The van der Waals surface area contributed by atoms with Gasteiger partial charge in [-0.1, -0.05) is 36.4 Å². The fourth-order valence-corrected chi connectivity index (χ4v) is 3.71. The first-order valence-corrected chi connectivity index (χ1v) is 10.5. The lowest BCUT2D eigenvalue weighted by molar-refractivity contribution is -0.117. The molecule has 32 heavy (non-hydrogen) atoms. The molecule has 0 spiro atoms. The van der Waals surface area contributed by atoms with Crippen molar-refractivity contribution in [1.82, 2.24) is 0 Å². The predicted octanol–water partition coefficient (Wildman–Crippen LogP) is 5.71. The van der Waals surface area contributed by atoms with Gasteiger partial charge in [-0.05, 0) is 48.7 Å². The second-order valence-corrected chi connectivity index (χ2v) is 7.83. The molecule has 2 amide bonds. The maximum atomic E-state index is 13.3. The molecule has 0 aliphatic heterocycles. The van der Waals surface area contributed by atoms with Gasteiger partial charge in [0.1, 0.15) is 11.3 Å². The Bertz CT molecular complexity index is 1310. The Balaban J connectivity index is 1.48. The predicted molar refractivity (Wildman–Crippen MR) is 124 cm³/mol. The number of amides is 2. The van der Waals surface area contributed by atoms with E-state index < -0.39 is 0 Å². The zero-order valence-electron chi connectivity index (χ0n) is 17.6. The molecule has 0 bridgehead atoms. The van der Waals surface area contributed by atoms with Crippen molar-refractivity contribution in [2.24, 2.45) is 5.92 Å². The number of anilines is 2. The van der Waals surface area contributed by atoms with Gasteiger partial charge in [0.25, 0.3) is 5.91 Å². The molecule has 0 radical (unpaired) electrons. The Kier molecular flexibility index (Phi) is 5.11. The quantitative estimate of drug-likeness (QED) is 0.414. The topological polar surface area (TPSA) is 80.6 Å². The van der Waals surface area contributed by atoms with Crippen LogP contribution in [0.1, 0.15) is 23.4 Å². The number of methoxy groups -OCH3 is 1. The molecule has 6 heteroatoms. The number of nitrogens with one attached hydrogen (secondary N) is 2. The monoisotopic (exact) mass is 426 g/mol. The number of hydrogen-bond acceptors (Lipinski definition) is 4. The summed E-state index contributed by atoms with van der Waals surface area (Å²) in [5, 5.41) is 6.63. The molecule has 0 saturated heterocycles. The third-order valence-corrected chi connectivity index (χ3v) is 5.50. The van der Waals surface area contributed by atoms with Gasteiger partial charge >= 0.3 is 0 Å². The highest BCUT2D eigenvalue weighted by molar-refractivity contribution is 6.13.